The summed E-state index contributed by atoms with van der Waals surface area (Å²) < 4.78 is 0. The molecular weight excluding hydrogens is 196 g/mol. The van der Waals surface area contributed by atoms with Gasteiger partial charge >= 0.3 is 0 Å². The number of anilines is 1. The minimum absolute atomic E-state index is 0.882. The zero-order valence-electron chi connectivity index (χ0n) is 10.4. The molecule has 1 aliphatic heterocycles. The third-order valence-electron chi connectivity index (χ3n) is 3.55. The van der Waals surface area contributed by atoms with Crippen molar-refractivity contribution in [2.24, 2.45) is 5.92 Å². The molecule has 0 N–H and O–H groups in total. The Morgan fingerprint density at radius 3 is 2.88 bits per heavy atom. The van der Waals surface area contributed by atoms with E-state index in [0.29, 0.717) is 0 Å². The second kappa shape index (κ2) is 5.33. The Labute approximate surface area is 98.7 Å². The lowest BCUT2D eigenvalue weighted by Crippen LogP contribution is -2.24. The standard InChI is InChI=1S/C14H22N2/c1-3-13-6-7-14(11-15-13)16-9-4-5-12(2)8-10-16/h6-7,11-12H,3-5,8-10H2,1-2H3/t12-/m1/s1. The number of hydrogen-bond donors (Lipinski definition) is 0. The van der Waals surface area contributed by atoms with E-state index in [0.717, 1.165) is 12.3 Å². The summed E-state index contributed by atoms with van der Waals surface area (Å²) in [6.45, 7) is 6.89. The first kappa shape index (κ1) is 11.4. The summed E-state index contributed by atoms with van der Waals surface area (Å²) in [5.41, 5.74) is 2.48. The van der Waals surface area contributed by atoms with Crippen molar-refractivity contribution in [3.63, 3.8) is 0 Å². The molecule has 2 rings (SSSR count). The van der Waals surface area contributed by atoms with E-state index in [9.17, 15) is 0 Å². The molecule has 0 unspecified atom stereocenters. The maximum atomic E-state index is 4.48. The monoisotopic (exact) mass is 218 g/mol. The van der Waals surface area contributed by atoms with Gasteiger partial charge in [0, 0.05) is 18.8 Å². The number of hydrogen-bond acceptors (Lipinski definition) is 2. The highest BCUT2D eigenvalue weighted by atomic mass is 15.1. The van der Waals surface area contributed by atoms with Gasteiger partial charge in [-0.25, -0.2) is 0 Å². The van der Waals surface area contributed by atoms with E-state index in [2.05, 4.69) is 35.9 Å². The molecule has 2 nitrogen and oxygen atoms in total. The van der Waals surface area contributed by atoms with Crippen LogP contribution >= 0.6 is 0 Å². The Morgan fingerprint density at radius 2 is 2.19 bits per heavy atom. The molecule has 16 heavy (non-hydrogen) atoms. The van der Waals surface area contributed by atoms with Crippen LogP contribution in [0.15, 0.2) is 18.3 Å². The van der Waals surface area contributed by atoms with E-state index < -0.39 is 0 Å². The Kier molecular flexibility index (Phi) is 3.81. The van der Waals surface area contributed by atoms with Crippen LogP contribution in [0.3, 0.4) is 0 Å². The van der Waals surface area contributed by atoms with E-state index in [4.69, 9.17) is 0 Å². The normalized spacial score (nSPS) is 21.9. The minimum Gasteiger partial charge on any atom is -0.370 e. The number of rotatable bonds is 2. The van der Waals surface area contributed by atoms with E-state index in [1.54, 1.807) is 0 Å². The van der Waals surface area contributed by atoms with Crippen LogP contribution in [0.2, 0.25) is 0 Å². The zero-order valence-corrected chi connectivity index (χ0v) is 10.4. The fourth-order valence-electron chi connectivity index (χ4n) is 2.33. The smallest absolute Gasteiger partial charge is 0.0552 e. The first-order valence-electron chi connectivity index (χ1n) is 6.49. The van der Waals surface area contributed by atoms with Crippen LogP contribution < -0.4 is 4.90 Å². The van der Waals surface area contributed by atoms with E-state index >= 15 is 0 Å². The molecule has 0 saturated carbocycles. The Morgan fingerprint density at radius 1 is 1.31 bits per heavy atom. The van der Waals surface area contributed by atoms with Gasteiger partial charge in [-0.1, -0.05) is 13.8 Å². The van der Waals surface area contributed by atoms with Crippen molar-refractivity contribution in [2.75, 3.05) is 18.0 Å². The average Bonchev–Trinajstić information content (AvgIpc) is 2.54. The first-order valence-corrected chi connectivity index (χ1v) is 6.49. The molecule has 2 heterocycles. The van der Waals surface area contributed by atoms with Gasteiger partial charge in [-0.05, 0) is 43.7 Å². The number of aryl methyl sites for hydroxylation is 1. The second-order valence-electron chi connectivity index (χ2n) is 4.88. The van der Waals surface area contributed by atoms with Gasteiger partial charge in [0.1, 0.15) is 0 Å². The van der Waals surface area contributed by atoms with E-state index in [1.807, 2.05) is 6.20 Å². The van der Waals surface area contributed by atoms with Gasteiger partial charge in [-0.2, -0.15) is 0 Å². The summed E-state index contributed by atoms with van der Waals surface area (Å²) in [4.78, 5) is 6.96. The molecule has 1 aromatic heterocycles. The fourth-order valence-corrected chi connectivity index (χ4v) is 2.33. The van der Waals surface area contributed by atoms with Crippen molar-refractivity contribution < 1.29 is 0 Å². The van der Waals surface area contributed by atoms with Crippen LogP contribution in [0, 0.1) is 5.92 Å². The van der Waals surface area contributed by atoms with Crippen molar-refractivity contribution >= 4 is 5.69 Å². The van der Waals surface area contributed by atoms with Crippen LogP contribution in [-0.2, 0) is 6.42 Å². The molecule has 0 amide bonds. The summed E-state index contributed by atoms with van der Waals surface area (Å²) in [6, 6.07) is 4.38. The highest BCUT2D eigenvalue weighted by Crippen LogP contribution is 2.21. The van der Waals surface area contributed by atoms with Crippen LogP contribution in [0.5, 0.6) is 0 Å². The molecule has 0 aromatic carbocycles. The van der Waals surface area contributed by atoms with Crippen molar-refractivity contribution in [2.45, 2.75) is 39.5 Å². The van der Waals surface area contributed by atoms with Crippen molar-refractivity contribution in [1.82, 2.24) is 4.98 Å². The summed E-state index contributed by atoms with van der Waals surface area (Å²) in [6.07, 6.45) is 7.06. The molecule has 1 aliphatic rings. The Balaban J connectivity index is 2.04. The number of aromatic nitrogens is 1. The molecule has 2 heteroatoms. The van der Waals surface area contributed by atoms with E-state index in [1.165, 1.54) is 43.7 Å². The lowest BCUT2D eigenvalue weighted by molar-refractivity contribution is 0.521. The Bertz CT molecular complexity index is 318. The van der Waals surface area contributed by atoms with Crippen LogP contribution in [0.1, 0.15) is 38.8 Å². The quantitative estimate of drug-likeness (QED) is 0.757. The van der Waals surface area contributed by atoms with Gasteiger partial charge in [-0.3, -0.25) is 4.98 Å². The third kappa shape index (κ3) is 2.75. The summed E-state index contributed by atoms with van der Waals surface area (Å²) in [7, 11) is 0. The molecule has 1 saturated heterocycles. The number of nitrogens with zero attached hydrogens (tertiary/aromatic N) is 2. The first-order chi connectivity index (χ1) is 7.79. The lowest BCUT2D eigenvalue weighted by Gasteiger charge is -2.22. The average molecular weight is 218 g/mol. The zero-order chi connectivity index (χ0) is 11.4. The van der Waals surface area contributed by atoms with Crippen molar-refractivity contribution in [3.05, 3.63) is 24.0 Å². The molecule has 0 spiro atoms. The topological polar surface area (TPSA) is 16.1 Å². The Hall–Kier alpha value is -1.05. The summed E-state index contributed by atoms with van der Waals surface area (Å²) >= 11 is 0. The SMILES string of the molecule is CCc1ccc(N2CCC[C@@H](C)CC2)cn1. The van der Waals surface area contributed by atoms with Gasteiger partial charge in [0.15, 0.2) is 0 Å². The van der Waals surface area contributed by atoms with Crippen molar-refractivity contribution in [3.8, 4) is 0 Å². The van der Waals surface area contributed by atoms with Gasteiger partial charge in [-0.15, -0.1) is 0 Å². The van der Waals surface area contributed by atoms with Crippen LogP contribution in [-0.4, -0.2) is 18.1 Å². The van der Waals surface area contributed by atoms with Crippen LogP contribution in [0.25, 0.3) is 0 Å². The van der Waals surface area contributed by atoms with Crippen LogP contribution in [0.4, 0.5) is 5.69 Å². The number of pyridine rings is 1. The fraction of sp³-hybridized carbons (Fsp3) is 0.643. The van der Waals surface area contributed by atoms with Crippen molar-refractivity contribution in [1.29, 1.82) is 0 Å². The largest absolute Gasteiger partial charge is 0.370 e. The lowest BCUT2D eigenvalue weighted by atomic mass is 10.0. The maximum Gasteiger partial charge on any atom is 0.0552 e. The minimum atomic E-state index is 0.882. The molecule has 1 aromatic rings. The second-order valence-corrected chi connectivity index (χ2v) is 4.88. The van der Waals surface area contributed by atoms with Gasteiger partial charge < -0.3 is 4.90 Å². The predicted molar refractivity (Wildman–Crippen MR) is 68.8 cm³/mol. The highest BCUT2D eigenvalue weighted by Gasteiger charge is 2.14. The molecule has 1 fully saturated rings. The maximum absolute atomic E-state index is 4.48. The highest BCUT2D eigenvalue weighted by molar-refractivity contribution is 5.44. The van der Waals surface area contributed by atoms with Gasteiger partial charge in [0.25, 0.3) is 0 Å². The molecule has 1 atom stereocenters. The third-order valence-corrected chi connectivity index (χ3v) is 3.55. The predicted octanol–water partition coefficient (Wildman–Crippen LogP) is 3.27. The molecular formula is C14H22N2. The molecule has 0 bridgehead atoms. The molecule has 0 radical (unpaired) electrons. The molecule has 88 valence electrons. The van der Waals surface area contributed by atoms with E-state index in [-0.39, 0.29) is 0 Å². The summed E-state index contributed by atoms with van der Waals surface area (Å²) in [5.74, 6) is 0.882. The molecule has 0 aliphatic carbocycles. The summed E-state index contributed by atoms with van der Waals surface area (Å²) in [5, 5.41) is 0. The van der Waals surface area contributed by atoms with Gasteiger partial charge in [0.2, 0.25) is 0 Å². The van der Waals surface area contributed by atoms with Gasteiger partial charge in [0.05, 0.1) is 11.9 Å².